The van der Waals surface area contributed by atoms with E-state index in [-0.39, 0.29) is 84.0 Å². The summed E-state index contributed by atoms with van der Waals surface area (Å²) in [6, 6.07) is 20.3. The number of ether oxygens (including phenoxy) is 3. The molecule has 2 saturated carbocycles. The quantitative estimate of drug-likeness (QED) is 0.0591. The van der Waals surface area contributed by atoms with Crippen molar-refractivity contribution in [3.63, 3.8) is 0 Å². The lowest BCUT2D eigenvalue weighted by Gasteiger charge is -2.47. The maximum atomic E-state index is 16.8. The third-order valence-electron chi connectivity index (χ3n) is 15.3. The van der Waals surface area contributed by atoms with Crippen LogP contribution in [0.1, 0.15) is 111 Å². The van der Waals surface area contributed by atoms with Crippen LogP contribution in [0.2, 0.25) is 0 Å². The first kappa shape index (κ1) is 52.0. The van der Waals surface area contributed by atoms with Crippen LogP contribution in [0.4, 0.5) is 17.6 Å². The van der Waals surface area contributed by atoms with Crippen LogP contribution < -0.4 is 14.9 Å². The fourth-order valence-corrected chi connectivity index (χ4v) is 14.3. The number of carbonyl (C=O) groups excluding carboxylic acids is 4. The van der Waals surface area contributed by atoms with Gasteiger partial charge in [-0.25, -0.2) is 9.48 Å². The van der Waals surface area contributed by atoms with Gasteiger partial charge >= 0.3 is 19.9 Å². The fourth-order valence-electron chi connectivity index (χ4n) is 11.5. The molecule has 9 rings (SSSR count). The maximum Gasteiger partial charge on any atom is 0.522 e. The second-order valence-corrected chi connectivity index (χ2v) is 23.1. The third kappa shape index (κ3) is 10.7. The molecule has 2 aliphatic carbocycles. The monoisotopic (exact) mass is 1040 g/mol. The molecule has 1 spiro atoms. The largest absolute Gasteiger partial charge is 0.522 e. The molecule has 3 saturated heterocycles. The molecule has 3 amide bonds. The number of nitrogens with one attached hydrogen (secondary N) is 2. The van der Waals surface area contributed by atoms with Gasteiger partial charge in [0.15, 0.2) is 0 Å². The Hall–Kier alpha value is -4.91. The zero-order valence-electron chi connectivity index (χ0n) is 40.7. The van der Waals surface area contributed by atoms with Crippen LogP contribution in [0.3, 0.4) is 0 Å². The molecule has 0 bridgehead atoms. The minimum absolute atomic E-state index is 0.0325. The molecule has 14 nitrogen and oxygen atoms in total. The van der Waals surface area contributed by atoms with Gasteiger partial charge < -0.3 is 34.0 Å². The summed E-state index contributed by atoms with van der Waals surface area (Å²) >= 11 is 1.12. The number of thiophene rings is 1. The predicted octanol–water partition coefficient (Wildman–Crippen LogP) is 9.26. The Labute approximate surface area is 420 Å². The zero-order valence-corrected chi connectivity index (χ0v) is 42.4. The lowest BCUT2D eigenvalue weighted by atomic mass is 9.85. The first-order valence-corrected chi connectivity index (χ1v) is 27.4. The maximum absolute atomic E-state index is 16.8. The van der Waals surface area contributed by atoms with Gasteiger partial charge in [-0.15, -0.1) is 24.5 Å². The van der Waals surface area contributed by atoms with Gasteiger partial charge in [0.25, 0.3) is 5.91 Å². The van der Waals surface area contributed by atoms with Crippen molar-refractivity contribution in [2.75, 3.05) is 27.3 Å². The summed E-state index contributed by atoms with van der Waals surface area (Å²) in [5.74, 6) is -4.03. The van der Waals surface area contributed by atoms with Crippen LogP contribution in [0.5, 0.6) is 5.75 Å². The van der Waals surface area contributed by atoms with Gasteiger partial charge in [0.1, 0.15) is 23.9 Å². The Kier molecular flexibility index (Phi) is 15.3. The Morgan fingerprint density at radius 3 is 2.32 bits per heavy atom. The summed E-state index contributed by atoms with van der Waals surface area (Å²) in [4.78, 5) is 63.1. The molecule has 4 heterocycles. The molecule has 4 aromatic rings. The lowest BCUT2D eigenvalue weighted by molar-refractivity contribution is -0.354. The lowest BCUT2D eigenvalue weighted by Crippen LogP contribution is -2.60. The number of alkyl halides is 4. The molecule has 2 N–H and O–H groups in total. The van der Waals surface area contributed by atoms with Gasteiger partial charge in [-0.2, -0.15) is 0 Å². The van der Waals surface area contributed by atoms with Crippen molar-refractivity contribution >= 4 is 52.6 Å². The number of fused-ring (bicyclic) bond motifs is 2. The number of methoxy groups -OCH3 is 1. The van der Waals surface area contributed by atoms with Crippen LogP contribution in [-0.2, 0) is 33.2 Å². The third-order valence-corrected chi connectivity index (χ3v) is 18.6. The van der Waals surface area contributed by atoms with Crippen LogP contribution in [0, 0.1) is 0 Å². The van der Waals surface area contributed by atoms with E-state index in [4.69, 9.17) is 14.0 Å². The fraction of sp³-hybridized carbons (Fsp3) is 0.538. The van der Waals surface area contributed by atoms with Crippen molar-refractivity contribution in [1.29, 1.82) is 0 Å². The minimum atomic E-state index is -4.73. The highest BCUT2D eigenvalue weighted by Gasteiger charge is 2.65. The normalized spacial score (nSPS) is 27.6. The molecule has 5 fully saturated rings. The van der Waals surface area contributed by atoms with Crippen LogP contribution >= 0.6 is 18.9 Å². The van der Waals surface area contributed by atoms with Gasteiger partial charge in [-0.1, -0.05) is 61.5 Å². The van der Waals surface area contributed by atoms with Crippen molar-refractivity contribution < 1.29 is 60.0 Å². The summed E-state index contributed by atoms with van der Waals surface area (Å²) in [5, 5.41) is 6.03. The average Bonchev–Trinajstić information content (AvgIpc) is 3.67. The molecule has 3 aliphatic heterocycles. The van der Waals surface area contributed by atoms with Crippen molar-refractivity contribution in [2.45, 2.75) is 150 Å². The number of nitrogens with zero attached hydrogens (tertiary/aromatic N) is 3. The SMILES string of the molecule is CCCOC(=O)[C@H](C)NP(=O)(Oc1ccccc1)[C@@H](F)c1ccc2sc(C(=O)N[C@H]3CC[C@H](N(C)C4CC(OC(F)(F)F)C4)C[C@H]4CC[C@@H](C(=O)N5C[C@@H](c6ccccc6)[C@@H](OC)C56CC6)N4C3=O)cc2c1. The van der Waals surface area contributed by atoms with Gasteiger partial charge in [-0.05, 0) is 125 Å². The predicted molar refractivity (Wildman–Crippen MR) is 262 cm³/mol. The second-order valence-electron chi connectivity index (χ2n) is 20.0. The molecular formula is C52H62F4N5O9PS. The number of esters is 1. The number of benzene rings is 3. The van der Waals surface area contributed by atoms with Gasteiger partial charge in [0, 0.05) is 42.4 Å². The number of hydrogen-bond donors (Lipinski definition) is 2. The first-order valence-electron chi connectivity index (χ1n) is 24.9. The Morgan fingerprint density at radius 1 is 0.944 bits per heavy atom. The van der Waals surface area contributed by atoms with E-state index in [2.05, 4.69) is 20.0 Å². The number of amides is 3. The van der Waals surface area contributed by atoms with Crippen molar-refractivity contribution in [3.8, 4) is 5.75 Å². The number of carbonyl (C=O) groups is 4. The van der Waals surface area contributed by atoms with E-state index < -0.39 is 61.4 Å². The molecular weight excluding hydrogens is 978 g/mol. The van der Waals surface area contributed by atoms with Crippen LogP contribution in [-0.4, -0.2) is 126 Å². The average molecular weight is 1040 g/mol. The molecule has 3 aromatic carbocycles. The molecule has 5 aliphatic rings. The van der Waals surface area contributed by atoms with Gasteiger partial charge in [0.2, 0.25) is 17.7 Å². The summed E-state index contributed by atoms with van der Waals surface area (Å²) in [6.45, 7) is 3.79. The number of halogens is 4. The second kappa shape index (κ2) is 21.1. The highest BCUT2D eigenvalue weighted by atomic mass is 32.1. The van der Waals surface area contributed by atoms with E-state index in [0.717, 1.165) is 29.7 Å². The Morgan fingerprint density at radius 2 is 1.65 bits per heavy atom. The minimum Gasteiger partial charge on any atom is -0.465 e. The highest BCUT2D eigenvalue weighted by Crippen LogP contribution is 2.59. The standard InChI is InChI=1S/C52H62F4N5O9PS/c1-5-24-68-50(65)31(2)58-71(66,70-38-14-10-7-11-15-38)46(53)33-16-21-43-34(25-33)26-44(72-43)47(62)57-41-19-17-35(59(3)37-28-39(29-37)69-52(54,55)56)27-36-18-20-42(61(36)48(41)63)49(64)60-30-40(32-12-8-6-9-13-32)45(67-4)51(60)22-23-51/h6-16,21,25-26,31,35-37,39-42,45-46H,5,17-20,22-24,27-30H2,1-4H3,(H,57,62)(H,58,66)/t31-,35-,36+,37?,39?,40-,41-,42-,45+,46+,71?/m0/s1. The summed E-state index contributed by atoms with van der Waals surface area (Å²) in [5.41, 5.74) is 0.532. The van der Waals surface area contributed by atoms with Crippen LogP contribution in [0.25, 0.3) is 10.1 Å². The Balaban J connectivity index is 0.964. The van der Waals surface area contributed by atoms with E-state index >= 15 is 14.0 Å². The summed E-state index contributed by atoms with van der Waals surface area (Å²) in [7, 11) is -0.976. The number of hydrogen-bond acceptors (Lipinski definition) is 11. The van der Waals surface area contributed by atoms with Crippen LogP contribution in [0.15, 0.2) is 84.9 Å². The topological polar surface area (TPSA) is 156 Å². The van der Waals surface area contributed by atoms with Gasteiger partial charge in [-0.3, -0.25) is 28.5 Å². The molecule has 9 atom stereocenters. The van der Waals surface area contributed by atoms with E-state index in [1.54, 1.807) is 42.3 Å². The molecule has 388 valence electrons. The summed E-state index contributed by atoms with van der Waals surface area (Å²) < 4.78 is 92.6. The number of para-hydroxylation sites is 1. The molecule has 20 heteroatoms. The Bertz CT molecular complexity index is 2650. The van der Waals surface area contributed by atoms with E-state index in [1.807, 2.05) is 49.2 Å². The summed E-state index contributed by atoms with van der Waals surface area (Å²) in [6.07, 6.45) is -1.35. The highest BCUT2D eigenvalue weighted by molar-refractivity contribution is 7.57. The molecule has 0 radical (unpaired) electrons. The molecule has 1 unspecified atom stereocenters. The van der Waals surface area contributed by atoms with Gasteiger partial charge in [0.05, 0.1) is 29.2 Å². The smallest absolute Gasteiger partial charge is 0.465 e. The van der Waals surface area contributed by atoms with E-state index in [9.17, 15) is 27.3 Å². The molecule has 1 aromatic heterocycles. The van der Waals surface area contributed by atoms with E-state index in [0.29, 0.717) is 48.7 Å². The molecule has 72 heavy (non-hydrogen) atoms. The number of rotatable bonds is 17. The van der Waals surface area contributed by atoms with Crippen molar-refractivity contribution in [2.24, 2.45) is 0 Å². The van der Waals surface area contributed by atoms with E-state index in [1.165, 1.54) is 31.2 Å². The van der Waals surface area contributed by atoms with Crippen molar-refractivity contribution in [1.82, 2.24) is 25.1 Å². The zero-order chi connectivity index (χ0) is 51.1. The first-order chi connectivity index (χ1) is 34.4. The number of likely N-dealkylation sites (tertiary alicyclic amines) is 1. The van der Waals surface area contributed by atoms with Crippen molar-refractivity contribution in [3.05, 3.63) is 101 Å².